The number of piperidine rings is 1. The van der Waals surface area contributed by atoms with Crippen LogP contribution in [0.4, 0.5) is 17.6 Å². The summed E-state index contributed by atoms with van der Waals surface area (Å²) in [6.45, 7) is 2.48. The van der Waals surface area contributed by atoms with E-state index in [1.807, 2.05) is 19.0 Å². The fourth-order valence-electron chi connectivity index (χ4n) is 6.85. The smallest absolute Gasteiger partial charge is 0.330 e. The fourth-order valence-corrected chi connectivity index (χ4v) is 6.85. The molecule has 2 saturated heterocycles. The number of nitrogens with zero attached hydrogens (tertiary/aromatic N) is 3. The van der Waals surface area contributed by atoms with Crippen molar-refractivity contribution in [2.75, 3.05) is 40.3 Å². The third-order valence-electron chi connectivity index (χ3n) is 8.90. The van der Waals surface area contributed by atoms with Crippen LogP contribution in [-0.2, 0) is 4.79 Å². The molecule has 0 aliphatic carbocycles. The Morgan fingerprint density at radius 2 is 1.88 bits per heavy atom. The van der Waals surface area contributed by atoms with Gasteiger partial charge in [0.05, 0.1) is 23.0 Å². The van der Waals surface area contributed by atoms with E-state index in [-0.39, 0.29) is 54.9 Å². The number of nitrogens with one attached hydrogen (secondary N) is 1. The maximum atomic E-state index is 15.1. The first-order valence-corrected chi connectivity index (χ1v) is 14.4. The van der Waals surface area contributed by atoms with Gasteiger partial charge < -0.3 is 15.1 Å². The van der Waals surface area contributed by atoms with Gasteiger partial charge in [-0.25, -0.2) is 4.39 Å². The van der Waals surface area contributed by atoms with Crippen LogP contribution in [0.25, 0.3) is 0 Å². The first-order valence-electron chi connectivity index (χ1n) is 14.4. The maximum Gasteiger partial charge on any atom is 0.408 e. The maximum absolute atomic E-state index is 15.1. The van der Waals surface area contributed by atoms with Gasteiger partial charge >= 0.3 is 6.18 Å². The highest BCUT2D eigenvalue weighted by Crippen LogP contribution is 2.51. The third kappa shape index (κ3) is 6.23. The van der Waals surface area contributed by atoms with Crippen LogP contribution in [0.2, 0.25) is 0 Å². The molecule has 2 heterocycles. The zero-order valence-corrected chi connectivity index (χ0v) is 24.3. The normalized spacial score (nSPS) is 24.5. The summed E-state index contributed by atoms with van der Waals surface area (Å²) in [5.74, 6) is -3.52. The van der Waals surface area contributed by atoms with E-state index in [2.05, 4.69) is 11.4 Å². The summed E-state index contributed by atoms with van der Waals surface area (Å²) in [4.78, 5) is 31.8. The number of hydrogen-bond donors (Lipinski definition) is 1. The number of nitriles is 1. The summed E-state index contributed by atoms with van der Waals surface area (Å²) < 4.78 is 57.0. The molecular weight excluding hydrogens is 548 g/mol. The second-order valence-corrected chi connectivity index (χ2v) is 11.8. The highest BCUT2D eigenvalue weighted by atomic mass is 19.4. The topological polar surface area (TPSA) is 76.4 Å². The lowest BCUT2D eigenvalue weighted by Crippen LogP contribution is -2.59. The van der Waals surface area contributed by atoms with E-state index >= 15 is 4.39 Å². The number of Topliss-reactive ketones (excluding diaryl/α,β-unsaturated/α-hetero) is 1. The molecule has 2 aromatic carbocycles. The number of unbranched alkanes of at least 4 members (excludes halogenated alkanes) is 1. The largest absolute Gasteiger partial charge is 0.408 e. The lowest BCUT2D eigenvalue weighted by Gasteiger charge is -2.49. The van der Waals surface area contributed by atoms with Gasteiger partial charge in [-0.15, -0.1) is 0 Å². The SMILES string of the molecule is Cc1c(F)cccc1[C@H]1[C@H](C(=O)N2CCC[C@H]2C(F)(F)F)CNC[C@]1(CCCCN(C)C)C(=O)c1ccccc1C#N. The molecule has 42 heavy (non-hydrogen) atoms. The molecule has 226 valence electrons. The Balaban J connectivity index is 1.90. The van der Waals surface area contributed by atoms with Crippen LogP contribution in [0.3, 0.4) is 0 Å². The van der Waals surface area contributed by atoms with E-state index in [1.165, 1.54) is 12.1 Å². The molecular formula is C32H38F4N4O2. The van der Waals surface area contributed by atoms with E-state index in [9.17, 15) is 28.0 Å². The highest BCUT2D eigenvalue weighted by Gasteiger charge is 2.56. The average Bonchev–Trinajstić information content (AvgIpc) is 3.47. The number of benzene rings is 2. The van der Waals surface area contributed by atoms with Gasteiger partial charge in [-0.2, -0.15) is 18.4 Å². The van der Waals surface area contributed by atoms with Gasteiger partial charge in [-0.05, 0) is 76.5 Å². The van der Waals surface area contributed by atoms with Crippen molar-refractivity contribution in [2.24, 2.45) is 11.3 Å². The Bertz CT molecular complexity index is 1340. The standard InChI is InChI=1S/C32H38F4N4O2/c1-21-23(12-8-13-26(21)33)28-25(30(42)40-17-9-14-27(40)32(34,35)36)19-38-20-31(28,15-6-7-16-39(2)3)29(41)24-11-5-4-10-22(24)18-37/h4-5,8,10-13,25,27-28,38H,6-7,9,14-17,19-20H2,1-3H3/t25-,27+,28+,31+/m1/s1. The molecule has 0 bridgehead atoms. The van der Waals surface area contributed by atoms with Gasteiger partial charge in [0, 0.05) is 31.1 Å². The highest BCUT2D eigenvalue weighted by molar-refractivity contribution is 6.04. The molecule has 10 heteroatoms. The molecule has 0 radical (unpaired) electrons. The second-order valence-electron chi connectivity index (χ2n) is 11.8. The minimum atomic E-state index is -4.58. The Labute approximate surface area is 244 Å². The molecule has 1 N–H and O–H groups in total. The number of carbonyl (C=O) groups is 2. The molecule has 2 aliphatic heterocycles. The second kappa shape index (κ2) is 12.9. The van der Waals surface area contributed by atoms with Gasteiger partial charge in [-0.1, -0.05) is 36.8 Å². The Morgan fingerprint density at radius 3 is 2.57 bits per heavy atom. The monoisotopic (exact) mass is 586 g/mol. The van der Waals surface area contributed by atoms with Crippen molar-refractivity contribution >= 4 is 11.7 Å². The van der Waals surface area contributed by atoms with E-state index in [4.69, 9.17) is 0 Å². The first-order chi connectivity index (χ1) is 19.9. The predicted octanol–water partition coefficient (Wildman–Crippen LogP) is 5.46. The number of ketones is 1. The van der Waals surface area contributed by atoms with Crippen LogP contribution in [-0.4, -0.2) is 74.0 Å². The van der Waals surface area contributed by atoms with Crippen molar-refractivity contribution in [3.05, 3.63) is 70.5 Å². The van der Waals surface area contributed by atoms with E-state index in [0.29, 0.717) is 18.4 Å². The Hall–Kier alpha value is -3.29. The van der Waals surface area contributed by atoms with Crippen LogP contribution in [0.15, 0.2) is 42.5 Å². The Morgan fingerprint density at radius 1 is 1.14 bits per heavy atom. The van der Waals surface area contributed by atoms with Crippen LogP contribution < -0.4 is 5.32 Å². The molecule has 6 nitrogen and oxygen atoms in total. The van der Waals surface area contributed by atoms with E-state index in [0.717, 1.165) is 17.9 Å². The lowest BCUT2D eigenvalue weighted by molar-refractivity contribution is -0.185. The lowest BCUT2D eigenvalue weighted by atomic mass is 9.57. The molecule has 2 aromatic rings. The van der Waals surface area contributed by atoms with E-state index < -0.39 is 41.2 Å². The van der Waals surface area contributed by atoms with E-state index in [1.54, 1.807) is 37.3 Å². The third-order valence-corrected chi connectivity index (χ3v) is 8.90. The molecule has 0 saturated carbocycles. The summed E-state index contributed by atoms with van der Waals surface area (Å²) in [5.41, 5.74) is -0.252. The van der Waals surface area contributed by atoms with Gasteiger partial charge in [-0.3, -0.25) is 9.59 Å². The number of likely N-dealkylation sites (tertiary alicyclic amines) is 1. The number of hydrogen-bond acceptors (Lipinski definition) is 5. The van der Waals surface area contributed by atoms with Gasteiger partial charge in [0.1, 0.15) is 11.9 Å². The summed E-state index contributed by atoms with van der Waals surface area (Å²) in [6.07, 6.45) is -2.91. The van der Waals surface area contributed by atoms with Crippen molar-refractivity contribution in [3.8, 4) is 6.07 Å². The van der Waals surface area contributed by atoms with Crippen LogP contribution in [0.1, 0.15) is 65.1 Å². The first kappa shape index (κ1) is 31.6. The molecule has 4 rings (SSSR count). The quantitative estimate of drug-likeness (QED) is 0.240. The van der Waals surface area contributed by atoms with Crippen LogP contribution in [0.5, 0.6) is 0 Å². The van der Waals surface area contributed by atoms with Crippen LogP contribution in [0, 0.1) is 35.4 Å². The van der Waals surface area contributed by atoms with Crippen molar-refractivity contribution in [1.29, 1.82) is 5.26 Å². The summed E-state index contributed by atoms with van der Waals surface area (Å²) in [7, 11) is 3.87. The van der Waals surface area contributed by atoms with Crippen molar-refractivity contribution in [3.63, 3.8) is 0 Å². The van der Waals surface area contributed by atoms with Gasteiger partial charge in [0.15, 0.2) is 5.78 Å². The average molecular weight is 587 g/mol. The van der Waals surface area contributed by atoms with Crippen molar-refractivity contribution in [1.82, 2.24) is 15.1 Å². The molecule has 2 fully saturated rings. The van der Waals surface area contributed by atoms with Gasteiger partial charge in [0.2, 0.25) is 5.91 Å². The van der Waals surface area contributed by atoms with Gasteiger partial charge in [0.25, 0.3) is 0 Å². The molecule has 0 spiro atoms. The Kier molecular flexibility index (Phi) is 9.74. The number of amides is 1. The molecule has 4 atom stereocenters. The zero-order chi connectivity index (χ0) is 30.7. The molecule has 0 unspecified atom stereocenters. The minimum absolute atomic E-state index is 0.0323. The van der Waals surface area contributed by atoms with Crippen LogP contribution >= 0.6 is 0 Å². The number of carbonyl (C=O) groups excluding carboxylic acids is 2. The summed E-state index contributed by atoms with van der Waals surface area (Å²) in [5, 5.41) is 13.1. The van der Waals surface area contributed by atoms with Crippen molar-refractivity contribution < 1.29 is 27.2 Å². The summed E-state index contributed by atoms with van der Waals surface area (Å²) in [6, 6.07) is 11.1. The molecule has 1 amide bonds. The molecule has 0 aromatic heterocycles. The predicted molar refractivity (Wildman–Crippen MR) is 151 cm³/mol. The number of alkyl halides is 3. The minimum Gasteiger partial charge on any atom is -0.330 e. The zero-order valence-electron chi connectivity index (χ0n) is 24.3. The number of halogens is 4. The van der Waals surface area contributed by atoms with Crippen molar-refractivity contribution in [2.45, 2.75) is 57.2 Å². The summed E-state index contributed by atoms with van der Waals surface area (Å²) >= 11 is 0. The number of rotatable bonds is 9. The fraction of sp³-hybridized carbons (Fsp3) is 0.531. The molecule has 2 aliphatic rings.